The molecule has 2 aromatic heterocycles. The average Bonchev–Trinajstić information content (AvgIpc) is 2.84. The van der Waals surface area contributed by atoms with Gasteiger partial charge in [-0.05, 0) is 27.3 Å². The van der Waals surface area contributed by atoms with Crippen LogP contribution in [0.3, 0.4) is 0 Å². The zero-order chi connectivity index (χ0) is 13.1. The molecule has 2 aromatic rings. The second kappa shape index (κ2) is 5.63. The molecule has 0 amide bonds. The Morgan fingerprint density at radius 3 is 2.72 bits per heavy atom. The number of nitrogens with one attached hydrogen (secondary N) is 1. The Morgan fingerprint density at radius 1 is 1.33 bits per heavy atom. The Morgan fingerprint density at radius 2 is 2.11 bits per heavy atom. The minimum Gasteiger partial charge on any atom is -0.313 e. The van der Waals surface area contributed by atoms with E-state index >= 15 is 0 Å². The van der Waals surface area contributed by atoms with Crippen LogP contribution < -0.4 is 5.32 Å². The zero-order valence-electron chi connectivity index (χ0n) is 11.4. The molecule has 0 saturated heterocycles. The molecule has 0 bridgehead atoms. The molecule has 5 heteroatoms. The summed E-state index contributed by atoms with van der Waals surface area (Å²) in [4.78, 5) is 4.49. The Hall–Kier alpha value is -1.20. The molecule has 0 aliphatic heterocycles. The van der Waals surface area contributed by atoms with Crippen LogP contribution in [0, 0.1) is 20.8 Å². The van der Waals surface area contributed by atoms with Crippen LogP contribution in [0.25, 0.3) is 0 Å². The van der Waals surface area contributed by atoms with E-state index in [1.807, 2.05) is 6.92 Å². The van der Waals surface area contributed by atoms with E-state index in [2.05, 4.69) is 46.2 Å². The largest absolute Gasteiger partial charge is 0.313 e. The number of thiazole rings is 1. The van der Waals surface area contributed by atoms with Crippen molar-refractivity contribution in [3.8, 4) is 0 Å². The van der Waals surface area contributed by atoms with E-state index in [0.717, 1.165) is 36.0 Å². The Labute approximate surface area is 112 Å². The molecule has 2 rings (SSSR count). The molecular formula is C13H20N4S. The van der Waals surface area contributed by atoms with E-state index in [-0.39, 0.29) is 0 Å². The molecule has 0 aliphatic rings. The van der Waals surface area contributed by atoms with Crippen molar-refractivity contribution < 1.29 is 0 Å². The van der Waals surface area contributed by atoms with Gasteiger partial charge in [0.2, 0.25) is 0 Å². The van der Waals surface area contributed by atoms with Crippen LogP contribution in [-0.4, -0.2) is 21.3 Å². The summed E-state index contributed by atoms with van der Waals surface area (Å²) in [5.74, 6) is 0. The van der Waals surface area contributed by atoms with Crippen molar-refractivity contribution in [3.63, 3.8) is 0 Å². The lowest BCUT2D eigenvalue weighted by molar-refractivity contribution is 0.645. The number of hydrogen-bond donors (Lipinski definition) is 1. The van der Waals surface area contributed by atoms with Gasteiger partial charge in [-0.1, -0.05) is 6.92 Å². The van der Waals surface area contributed by atoms with Crippen LogP contribution in [0.2, 0.25) is 0 Å². The first-order valence-corrected chi connectivity index (χ1v) is 7.14. The summed E-state index contributed by atoms with van der Waals surface area (Å²) in [6.07, 6.45) is 0. The maximum Gasteiger partial charge on any atom is 0.0898 e. The van der Waals surface area contributed by atoms with Crippen molar-refractivity contribution >= 4 is 11.3 Å². The number of aryl methyl sites for hydroxylation is 2. The highest BCUT2D eigenvalue weighted by Crippen LogP contribution is 2.15. The van der Waals surface area contributed by atoms with Gasteiger partial charge in [0.15, 0.2) is 0 Å². The van der Waals surface area contributed by atoms with Gasteiger partial charge in [-0.2, -0.15) is 5.10 Å². The third-order valence-electron chi connectivity index (χ3n) is 3.06. The van der Waals surface area contributed by atoms with Crippen molar-refractivity contribution in [2.24, 2.45) is 0 Å². The fourth-order valence-electron chi connectivity index (χ4n) is 2.03. The molecule has 18 heavy (non-hydrogen) atoms. The van der Waals surface area contributed by atoms with Gasteiger partial charge in [-0.3, -0.25) is 4.68 Å². The van der Waals surface area contributed by atoms with Gasteiger partial charge in [0.1, 0.15) is 0 Å². The van der Waals surface area contributed by atoms with Gasteiger partial charge in [-0.25, -0.2) is 4.98 Å². The summed E-state index contributed by atoms with van der Waals surface area (Å²) in [5, 5.41) is 11.2. The van der Waals surface area contributed by atoms with Crippen LogP contribution >= 0.6 is 11.3 Å². The normalized spacial score (nSPS) is 11.1. The summed E-state index contributed by atoms with van der Waals surface area (Å²) in [6, 6.07) is 0. The number of aromatic nitrogens is 3. The molecule has 0 atom stereocenters. The molecule has 2 heterocycles. The molecule has 4 nitrogen and oxygen atoms in total. The first-order valence-electron chi connectivity index (χ1n) is 6.26. The summed E-state index contributed by atoms with van der Waals surface area (Å²) in [5.41, 5.74) is 4.75. The topological polar surface area (TPSA) is 42.7 Å². The lowest BCUT2D eigenvalue weighted by Crippen LogP contribution is -2.13. The molecular weight excluding hydrogens is 244 g/mol. The highest BCUT2D eigenvalue weighted by atomic mass is 32.1. The van der Waals surface area contributed by atoms with Gasteiger partial charge in [-0.15, -0.1) is 11.3 Å². The van der Waals surface area contributed by atoms with Gasteiger partial charge >= 0.3 is 0 Å². The minimum atomic E-state index is 0.767. The summed E-state index contributed by atoms with van der Waals surface area (Å²) >= 11 is 1.69. The zero-order valence-corrected chi connectivity index (χ0v) is 12.3. The molecule has 0 unspecified atom stereocenters. The van der Waals surface area contributed by atoms with E-state index in [9.17, 15) is 0 Å². The lowest BCUT2D eigenvalue weighted by Gasteiger charge is -2.04. The van der Waals surface area contributed by atoms with E-state index in [4.69, 9.17) is 0 Å². The van der Waals surface area contributed by atoms with Crippen molar-refractivity contribution in [2.75, 3.05) is 6.54 Å². The maximum atomic E-state index is 4.61. The Kier molecular flexibility index (Phi) is 4.14. The molecule has 0 spiro atoms. The van der Waals surface area contributed by atoms with Crippen molar-refractivity contribution in [1.82, 2.24) is 20.1 Å². The monoisotopic (exact) mass is 264 g/mol. The van der Waals surface area contributed by atoms with Gasteiger partial charge in [0, 0.05) is 23.2 Å². The fraction of sp³-hybridized carbons (Fsp3) is 0.538. The molecule has 0 aliphatic carbocycles. The Balaban J connectivity index is 2.18. The standard InChI is InChI=1S/C13H20N4S/c1-5-14-6-13-9(2)16-17(10(13)3)7-12-8-18-11(4)15-12/h8,14H,5-7H2,1-4H3. The summed E-state index contributed by atoms with van der Waals surface area (Å²) in [6.45, 7) is 11.0. The quantitative estimate of drug-likeness (QED) is 0.902. The molecule has 0 radical (unpaired) electrons. The van der Waals surface area contributed by atoms with Crippen LogP contribution in [0.1, 0.15) is 34.6 Å². The lowest BCUT2D eigenvalue weighted by atomic mass is 10.2. The maximum absolute atomic E-state index is 4.61. The van der Waals surface area contributed by atoms with E-state index in [1.165, 1.54) is 11.3 Å². The fourth-order valence-corrected chi connectivity index (χ4v) is 2.63. The third-order valence-corrected chi connectivity index (χ3v) is 3.88. The summed E-state index contributed by atoms with van der Waals surface area (Å²) < 4.78 is 2.05. The molecule has 0 fully saturated rings. The number of rotatable bonds is 5. The van der Waals surface area contributed by atoms with Crippen molar-refractivity contribution in [2.45, 2.75) is 40.8 Å². The second-order valence-electron chi connectivity index (χ2n) is 4.45. The minimum absolute atomic E-state index is 0.767. The highest BCUT2D eigenvalue weighted by Gasteiger charge is 2.11. The first kappa shape index (κ1) is 13.2. The first-order chi connectivity index (χ1) is 8.61. The number of hydrogen-bond acceptors (Lipinski definition) is 4. The molecule has 98 valence electrons. The van der Waals surface area contributed by atoms with E-state index < -0.39 is 0 Å². The van der Waals surface area contributed by atoms with Crippen LogP contribution in [0.5, 0.6) is 0 Å². The van der Waals surface area contributed by atoms with Crippen molar-refractivity contribution in [3.05, 3.63) is 33.0 Å². The molecule has 0 aromatic carbocycles. The van der Waals surface area contributed by atoms with Crippen molar-refractivity contribution in [1.29, 1.82) is 0 Å². The van der Waals surface area contributed by atoms with Crippen LogP contribution in [0.4, 0.5) is 0 Å². The van der Waals surface area contributed by atoms with E-state index in [1.54, 1.807) is 11.3 Å². The van der Waals surface area contributed by atoms with Gasteiger partial charge in [0.05, 0.1) is 22.9 Å². The van der Waals surface area contributed by atoms with Crippen LogP contribution in [0.15, 0.2) is 5.38 Å². The molecule has 0 saturated carbocycles. The van der Waals surface area contributed by atoms with Gasteiger partial charge < -0.3 is 5.32 Å². The Bertz CT molecular complexity index is 527. The third kappa shape index (κ3) is 2.79. The highest BCUT2D eigenvalue weighted by molar-refractivity contribution is 7.09. The average molecular weight is 264 g/mol. The predicted molar refractivity (Wildman–Crippen MR) is 75.0 cm³/mol. The van der Waals surface area contributed by atoms with Gasteiger partial charge in [0.25, 0.3) is 0 Å². The van der Waals surface area contributed by atoms with Crippen LogP contribution in [-0.2, 0) is 13.1 Å². The predicted octanol–water partition coefficient (Wildman–Crippen LogP) is 2.42. The molecule has 1 N–H and O–H groups in total. The SMILES string of the molecule is CCNCc1c(C)nn(Cc2csc(C)n2)c1C. The second-order valence-corrected chi connectivity index (χ2v) is 5.51. The summed E-state index contributed by atoms with van der Waals surface area (Å²) in [7, 11) is 0. The number of nitrogens with zero attached hydrogens (tertiary/aromatic N) is 3. The smallest absolute Gasteiger partial charge is 0.0898 e. The van der Waals surface area contributed by atoms with E-state index in [0.29, 0.717) is 0 Å².